The summed E-state index contributed by atoms with van der Waals surface area (Å²) < 4.78 is 15.8. The average molecular weight is 418 g/mol. The van der Waals surface area contributed by atoms with Gasteiger partial charge in [-0.05, 0) is 36.4 Å². The highest BCUT2D eigenvalue weighted by Crippen LogP contribution is 2.34. The molecule has 0 unspecified atom stereocenters. The predicted molar refractivity (Wildman–Crippen MR) is 112 cm³/mol. The van der Waals surface area contributed by atoms with Crippen LogP contribution in [0, 0.1) is 0 Å². The fourth-order valence-corrected chi connectivity index (χ4v) is 2.91. The summed E-state index contributed by atoms with van der Waals surface area (Å²) >= 11 is 0. The van der Waals surface area contributed by atoms with Crippen molar-refractivity contribution < 1.29 is 28.6 Å². The number of urea groups is 1. The smallest absolute Gasteiger partial charge is 0.325 e. The first kappa shape index (κ1) is 20.0. The van der Waals surface area contributed by atoms with Crippen LogP contribution in [0.4, 0.5) is 10.5 Å². The standard InChI is InChI=1S/C23H18N2O6/c26-21(25-23(28)24-17-8-11-19-20(12-17)31-14-30-19)13-29-18-9-6-16(7-10-18)22(27)15-4-2-1-3-5-15/h1-12H,13-14H2,(H2,24,25,26,28). The van der Waals surface area contributed by atoms with Crippen LogP contribution in [0.5, 0.6) is 17.2 Å². The number of imide groups is 1. The average Bonchev–Trinajstić information content (AvgIpc) is 3.26. The number of ketones is 1. The van der Waals surface area contributed by atoms with Crippen molar-refractivity contribution in [3.63, 3.8) is 0 Å². The van der Waals surface area contributed by atoms with Crippen molar-refractivity contribution in [2.24, 2.45) is 0 Å². The molecule has 8 heteroatoms. The summed E-state index contributed by atoms with van der Waals surface area (Å²) in [6.45, 7) is -0.233. The molecule has 0 radical (unpaired) electrons. The highest BCUT2D eigenvalue weighted by Gasteiger charge is 2.15. The summed E-state index contributed by atoms with van der Waals surface area (Å²) in [5, 5.41) is 4.71. The highest BCUT2D eigenvalue weighted by molar-refractivity contribution is 6.09. The maximum absolute atomic E-state index is 12.4. The number of ether oxygens (including phenoxy) is 3. The molecule has 0 saturated heterocycles. The molecule has 0 spiro atoms. The van der Waals surface area contributed by atoms with Gasteiger partial charge in [-0.15, -0.1) is 0 Å². The van der Waals surface area contributed by atoms with E-state index in [1.54, 1.807) is 66.7 Å². The molecule has 0 fully saturated rings. The lowest BCUT2D eigenvalue weighted by Crippen LogP contribution is -2.37. The van der Waals surface area contributed by atoms with Gasteiger partial charge in [-0.3, -0.25) is 14.9 Å². The molecule has 3 aromatic rings. The summed E-state index contributed by atoms with van der Waals surface area (Å²) in [6, 6.07) is 19.5. The van der Waals surface area contributed by atoms with Gasteiger partial charge in [0, 0.05) is 22.9 Å². The minimum atomic E-state index is -0.698. The van der Waals surface area contributed by atoms with E-state index in [9.17, 15) is 14.4 Å². The number of hydrogen-bond donors (Lipinski definition) is 2. The lowest BCUT2D eigenvalue weighted by atomic mass is 10.0. The van der Waals surface area contributed by atoms with Crippen molar-refractivity contribution >= 4 is 23.4 Å². The first-order valence-electron chi connectivity index (χ1n) is 9.41. The van der Waals surface area contributed by atoms with Crippen molar-refractivity contribution in [3.05, 3.63) is 83.9 Å². The quantitative estimate of drug-likeness (QED) is 0.595. The SMILES string of the molecule is O=C(COc1ccc(C(=O)c2ccccc2)cc1)NC(=O)Nc1ccc2c(c1)OCO2. The van der Waals surface area contributed by atoms with Gasteiger partial charge in [0.2, 0.25) is 6.79 Å². The molecule has 0 bridgehead atoms. The molecule has 0 aliphatic carbocycles. The second kappa shape index (κ2) is 9.00. The Labute approximate surface area is 177 Å². The van der Waals surface area contributed by atoms with Crippen molar-refractivity contribution in [2.75, 3.05) is 18.7 Å². The van der Waals surface area contributed by atoms with Crippen LogP contribution in [0.2, 0.25) is 0 Å². The minimum Gasteiger partial charge on any atom is -0.484 e. The van der Waals surface area contributed by atoms with E-state index in [1.165, 1.54) is 0 Å². The first-order chi connectivity index (χ1) is 15.1. The molecular weight excluding hydrogens is 400 g/mol. The topological polar surface area (TPSA) is 103 Å². The summed E-state index contributed by atoms with van der Waals surface area (Å²) in [6.07, 6.45) is 0. The molecule has 1 aliphatic rings. The highest BCUT2D eigenvalue weighted by atomic mass is 16.7. The number of rotatable bonds is 6. The maximum Gasteiger partial charge on any atom is 0.325 e. The normalized spacial score (nSPS) is 11.5. The lowest BCUT2D eigenvalue weighted by molar-refractivity contribution is -0.121. The predicted octanol–water partition coefficient (Wildman–Crippen LogP) is 3.37. The fraction of sp³-hybridized carbons (Fsp3) is 0.0870. The number of carbonyl (C=O) groups excluding carboxylic acids is 3. The third-order valence-electron chi connectivity index (χ3n) is 4.41. The Bertz CT molecular complexity index is 1110. The van der Waals surface area contributed by atoms with Crippen LogP contribution in [0.15, 0.2) is 72.8 Å². The van der Waals surface area contributed by atoms with Gasteiger partial charge in [0.05, 0.1) is 0 Å². The third kappa shape index (κ3) is 4.99. The van der Waals surface area contributed by atoms with Crippen molar-refractivity contribution in [3.8, 4) is 17.2 Å². The largest absolute Gasteiger partial charge is 0.484 e. The Morgan fingerprint density at radius 1 is 0.839 bits per heavy atom. The van der Waals surface area contributed by atoms with E-state index in [-0.39, 0.29) is 19.2 Å². The Balaban J connectivity index is 1.25. The minimum absolute atomic E-state index is 0.106. The molecule has 3 amide bonds. The number of anilines is 1. The first-order valence-corrected chi connectivity index (χ1v) is 9.41. The second-order valence-electron chi connectivity index (χ2n) is 6.58. The molecule has 8 nitrogen and oxygen atoms in total. The molecule has 0 aromatic heterocycles. The number of hydrogen-bond acceptors (Lipinski definition) is 6. The van der Waals surface area contributed by atoms with Gasteiger partial charge in [-0.1, -0.05) is 30.3 Å². The van der Waals surface area contributed by atoms with Crippen LogP contribution < -0.4 is 24.8 Å². The van der Waals surface area contributed by atoms with E-state index in [1.807, 2.05) is 6.07 Å². The molecule has 156 valence electrons. The zero-order valence-electron chi connectivity index (χ0n) is 16.3. The summed E-state index contributed by atoms with van der Waals surface area (Å²) in [7, 11) is 0. The number of nitrogens with one attached hydrogen (secondary N) is 2. The van der Waals surface area contributed by atoms with Crippen LogP contribution >= 0.6 is 0 Å². The zero-order valence-corrected chi connectivity index (χ0v) is 16.3. The van der Waals surface area contributed by atoms with E-state index in [4.69, 9.17) is 14.2 Å². The van der Waals surface area contributed by atoms with Gasteiger partial charge in [-0.25, -0.2) is 4.79 Å². The second-order valence-corrected chi connectivity index (χ2v) is 6.58. The fourth-order valence-electron chi connectivity index (χ4n) is 2.91. The number of amides is 3. The molecule has 4 rings (SSSR count). The summed E-state index contributed by atoms with van der Waals surface area (Å²) in [5.41, 5.74) is 1.55. The van der Waals surface area contributed by atoms with Gasteiger partial charge in [-0.2, -0.15) is 0 Å². The van der Waals surface area contributed by atoms with E-state index >= 15 is 0 Å². The van der Waals surface area contributed by atoms with Gasteiger partial charge >= 0.3 is 6.03 Å². The molecule has 1 aliphatic heterocycles. The molecule has 31 heavy (non-hydrogen) atoms. The van der Waals surface area contributed by atoms with Crippen LogP contribution in [-0.4, -0.2) is 31.1 Å². The molecule has 2 N–H and O–H groups in total. The lowest BCUT2D eigenvalue weighted by Gasteiger charge is -2.09. The third-order valence-corrected chi connectivity index (χ3v) is 4.41. The van der Waals surface area contributed by atoms with Crippen molar-refractivity contribution in [1.82, 2.24) is 5.32 Å². The molecule has 0 atom stereocenters. The Morgan fingerprint density at radius 2 is 1.55 bits per heavy atom. The Morgan fingerprint density at radius 3 is 2.32 bits per heavy atom. The van der Waals surface area contributed by atoms with E-state index in [2.05, 4.69) is 10.6 Å². The van der Waals surface area contributed by atoms with Gasteiger partial charge in [0.25, 0.3) is 5.91 Å². The Hall–Kier alpha value is -4.33. The van der Waals surface area contributed by atoms with E-state index in [0.717, 1.165) is 0 Å². The number of benzene rings is 3. The van der Waals surface area contributed by atoms with Crippen LogP contribution in [0.25, 0.3) is 0 Å². The molecule has 0 saturated carbocycles. The van der Waals surface area contributed by atoms with Crippen molar-refractivity contribution in [2.45, 2.75) is 0 Å². The summed E-state index contributed by atoms with van der Waals surface area (Å²) in [4.78, 5) is 36.3. The number of carbonyl (C=O) groups is 3. The molecular formula is C23H18N2O6. The van der Waals surface area contributed by atoms with Gasteiger partial charge < -0.3 is 19.5 Å². The van der Waals surface area contributed by atoms with E-state index < -0.39 is 11.9 Å². The summed E-state index contributed by atoms with van der Waals surface area (Å²) in [5.74, 6) is 0.775. The van der Waals surface area contributed by atoms with Crippen molar-refractivity contribution in [1.29, 1.82) is 0 Å². The van der Waals surface area contributed by atoms with Crippen LogP contribution in [-0.2, 0) is 4.79 Å². The maximum atomic E-state index is 12.4. The number of fused-ring (bicyclic) bond motifs is 1. The Kier molecular flexibility index (Phi) is 5.79. The molecule has 3 aromatic carbocycles. The van der Waals surface area contributed by atoms with Crippen LogP contribution in [0.3, 0.4) is 0 Å². The van der Waals surface area contributed by atoms with Gasteiger partial charge in [0.1, 0.15) is 5.75 Å². The van der Waals surface area contributed by atoms with E-state index in [0.29, 0.717) is 34.1 Å². The van der Waals surface area contributed by atoms with Crippen LogP contribution in [0.1, 0.15) is 15.9 Å². The zero-order chi connectivity index (χ0) is 21.6. The molecule has 1 heterocycles. The van der Waals surface area contributed by atoms with Gasteiger partial charge in [0.15, 0.2) is 23.9 Å². The monoisotopic (exact) mass is 418 g/mol.